The first kappa shape index (κ1) is 16.2. The lowest BCUT2D eigenvalue weighted by Gasteiger charge is -2.08. The van der Waals surface area contributed by atoms with Gasteiger partial charge in [-0.2, -0.15) is 8.42 Å². The summed E-state index contributed by atoms with van der Waals surface area (Å²) in [5, 5.41) is 12.8. The van der Waals surface area contributed by atoms with E-state index in [1.807, 2.05) is 18.2 Å². The average molecular weight is 364 g/mol. The second-order valence-electron chi connectivity index (χ2n) is 4.92. The Balaban J connectivity index is 2.04. The number of fused-ring (bicyclic) bond motifs is 1. The first-order valence-corrected chi connectivity index (χ1v) is 8.53. The van der Waals surface area contributed by atoms with E-state index >= 15 is 0 Å². The van der Waals surface area contributed by atoms with Gasteiger partial charge in [-0.25, -0.2) is 0 Å². The zero-order valence-electron chi connectivity index (χ0n) is 12.0. The zero-order valence-corrected chi connectivity index (χ0v) is 13.6. The highest BCUT2D eigenvalue weighted by Crippen LogP contribution is 2.30. The fourth-order valence-electron chi connectivity index (χ4n) is 2.23. The fourth-order valence-corrected chi connectivity index (χ4v) is 3.58. The molecule has 24 heavy (non-hydrogen) atoms. The number of benzene rings is 3. The van der Waals surface area contributed by atoms with Gasteiger partial charge in [0.25, 0.3) is 5.69 Å². The van der Waals surface area contributed by atoms with E-state index in [1.165, 1.54) is 12.1 Å². The van der Waals surface area contributed by atoms with Gasteiger partial charge in [-0.05, 0) is 35.0 Å². The molecule has 3 aromatic rings. The van der Waals surface area contributed by atoms with E-state index in [4.69, 9.17) is 15.8 Å². The molecular weight excluding hydrogens is 354 g/mol. The maximum Gasteiger partial charge on any atom is 0.346 e. The minimum absolute atomic E-state index is 0.0567. The first-order chi connectivity index (χ1) is 11.4. The largest absolute Gasteiger partial charge is 0.379 e. The van der Waals surface area contributed by atoms with Crippen molar-refractivity contribution in [3.05, 3.63) is 75.8 Å². The van der Waals surface area contributed by atoms with Crippen molar-refractivity contribution < 1.29 is 17.5 Å². The van der Waals surface area contributed by atoms with Gasteiger partial charge in [0.05, 0.1) is 4.92 Å². The number of hydrogen-bond donors (Lipinski definition) is 0. The summed E-state index contributed by atoms with van der Waals surface area (Å²) in [6.07, 6.45) is 0. The molecule has 0 spiro atoms. The van der Waals surface area contributed by atoms with Crippen LogP contribution in [0.1, 0.15) is 0 Å². The summed E-state index contributed by atoms with van der Waals surface area (Å²) in [5.74, 6) is 0.0583. The number of nitro benzene ring substituents is 1. The quantitative estimate of drug-likeness (QED) is 0.394. The van der Waals surface area contributed by atoms with Gasteiger partial charge < -0.3 is 4.18 Å². The smallest absolute Gasteiger partial charge is 0.346 e. The van der Waals surface area contributed by atoms with Crippen LogP contribution < -0.4 is 4.18 Å². The third kappa shape index (κ3) is 3.17. The molecule has 0 saturated heterocycles. The van der Waals surface area contributed by atoms with Crippen molar-refractivity contribution in [1.82, 2.24) is 0 Å². The van der Waals surface area contributed by atoms with E-state index < -0.39 is 25.6 Å². The Kier molecular flexibility index (Phi) is 4.13. The summed E-state index contributed by atoms with van der Waals surface area (Å²) in [6, 6.07) is 15.3. The van der Waals surface area contributed by atoms with E-state index in [0.717, 1.165) is 22.9 Å². The number of rotatable bonds is 4. The lowest BCUT2D eigenvalue weighted by atomic mass is 10.1. The molecule has 3 rings (SSSR count). The Morgan fingerprint density at radius 3 is 2.38 bits per heavy atom. The highest BCUT2D eigenvalue weighted by atomic mass is 35.5. The highest BCUT2D eigenvalue weighted by Gasteiger charge is 2.28. The Morgan fingerprint density at radius 1 is 0.958 bits per heavy atom. The molecule has 6 nitrogen and oxygen atoms in total. The molecule has 0 unspecified atom stereocenters. The first-order valence-electron chi connectivity index (χ1n) is 6.74. The van der Waals surface area contributed by atoms with Crippen LogP contribution in [-0.4, -0.2) is 13.3 Å². The molecule has 0 fully saturated rings. The summed E-state index contributed by atoms with van der Waals surface area (Å²) < 4.78 is 29.9. The standard InChI is InChI=1S/C16H10ClNO5S/c17-13-6-8-15(18(19)20)16(10-13)24(21,22)23-14-7-5-11-3-1-2-4-12(11)9-14/h1-10H. The molecule has 0 aliphatic carbocycles. The number of nitrogens with zero attached hydrogens (tertiary/aromatic N) is 1. The second kappa shape index (κ2) is 6.10. The molecule has 3 aromatic carbocycles. The van der Waals surface area contributed by atoms with E-state index in [2.05, 4.69) is 0 Å². The number of hydrogen-bond acceptors (Lipinski definition) is 5. The minimum Gasteiger partial charge on any atom is -0.379 e. The Hall–Kier alpha value is -2.64. The average Bonchev–Trinajstić information content (AvgIpc) is 2.54. The molecule has 0 heterocycles. The molecule has 0 aromatic heterocycles. The van der Waals surface area contributed by atoms with Crippen molar-refractivity contribution in [2.75, 3.05) is 0 Å². The zero-order chi connectivity index (χ0) is 17.3. The molecule has 0 bridgehead atoms. The van der Waals surface area contributed by atoms with Crippen molar-refractivity contribution >= 4 is 38.2 Å². The summed E-state index contributed by atoms with van der Waals surface area (Å²) in [5.41, 5.74) is -0.597. The monoisotopic (exact) mass is 363 g/mol. The normalized spacial score (nSPS) is 11.4. The molecule has 0 radical (unpaired) electrons. The predicted octanol–water partition coefficient (Wildman–Crippen LogP) is 4.17. The van der Waals surface area contributed by atoms with Gasteiger partial charge in [0.1, 0.15) is 5.75 Å². The molecular formula is C16H10ClNO5S. The summed E-state index contributed by atoms with van der Waals surface area (Å²) in [7, 11) is -4.41. The molecule has 0 amide bonds. The molecule has 0 N–H and O–H groups in total. The van der Waals surface area contributed by atoms with Crippen molar-refractivity contribution in [3.63, 3.8) is 0 Å². The molecule has 0 atom stereocenters. The van der Waals surface area contributed by atoms with Crippen LogP contribution in [0.4, 0.5) is 5.69 Å². The predicted molar refractivity (Wildman–Crippen MR) is 89.9 cm³/mol. The maximum absolute atomic E-state index is 12.4. The van der Waals surface area contributed by atoms with Crippen molar-refractivity contribution in [2.45, 2.75) is 4.90 Å². The van der Waals surface area contributed by atoms with Crippen LogP contribution in [0.3, 0.4) is 0 Å². The molecule has 8 heteroatoms. The lowest BCUT2D eigenvalue weighted by molar-refractivity contribution is -0.387. The van der Waals surface area contributed by atoms with Crippen LogP contribution in [0.5, 0.6) is 5.75 Å². The number of halogens is 1. The molecule has 0 aliphatic heterocycles. The van der Waals surface area contributed by atoms with Gasteiger partial charge in [-0.1, -0.05) is 41.9 Å². The Labute approximate surface area is 142 Å². The SMILES string of the molecule is O=[N+]([O-])c1ccc(Cl)cc1S(=O)(=O)Oc1ccc2ccccc2c1. The van der Waals surface area contributed by atoms with Crippen LogP contribution in [0.25, 0.3) is 10.8 Å². The fraction of sp³-hybridized carbons (Fsp3) is 0. The molecule has 0 aliphatic rings. The minimum atomic E-state index is -4.41. The van der Waals surface area contributed by atoms with Gasteiger partial charge in [-0.3, -0.25) is 10.1 Å². The second-order valence-corrected chi connectivity index (χ2v) is 6.87. The van der Waals surface area contributed by atoms with Crippen LogP contribution in [0, 0.1) is 10.1 Å². The van der Waals surface area contributed by atoms with Crippen molar-refractivity contribution in [3.8, 4) is 5.75 Å². The topological polar surface area (TPSA) is 86.5 Å². The van der Waals surface area contributed by atoms with Crippen LogP contribution in [0.2, 0.25) is 5.02 Å². The van der Waals surface area contributed by atoms with Gasteiger partial charge in [0.2, 0.25) is 0 Å². The third-order valence-corrected chi connectivity index (χ3v) is 4.83. The van der Waals surface area contributed by atoms with Crippen LogP contribution in [0.15, 0.2) is 65.6 Å². The van der Waals surface area contributed by atoms with Gasteiger partial charge in [0, 0.05) is 11.1 Å². The summed E-state index contributed by atoms with van der Waals surface area (Å²) >= 11 is 5.77. The molecule has 0 saturated carbocycles. The maximum atomic E-state index is 12.4. The Morgan fingerprint density at radius 2 is 1.67 bits per heavy atom. The lowest BCUT2D eigenvalue weighted by Crippen LogP contribution is -2.12. The molecule has 122 valence electrons. The highest BCUT2D eigenvalue weighted by molar-refractivity contribution is 7.87. The van der Waals surface area contributed by atoms with Crippen molar-refractivity contribution in [1.29, 1.82) is 0 Å². The Bertz CT molecular complexity index is 1050. The van der Waals surface area contributed by atoms with E-state index in [1.54, 1.807) is 18.2 Å². The summed E-state index contributed by atoms with van der Waals surface area (Å²) in [6.45, 7) is 0. The van der Waals surface area contributed by atoms with E-state index in [-0.39, 0.29) is 10.8 Å². The van der Waals surface area contributed by atoms with Crippen LogP contribution in [-0.2, 0) is 10.1 Å². The number of nitro groups is 1. The van der Waals surface area contributed by atoms with Gasteiger partial charge in [0.15, 0.2) is 4.90 Å². The van der Waals surface area contributed by atoms with E-state index in [9.17, 15) is 18.5 Å². The van der Waals surface area contributed by atoms with E-state index in [0.29, 0.717) is 0 Å². The van der Waals surface area contributed by atoms with Gasteiger partial charge in [-0.15, -0.1) is 0 Å². The van der Waals surface area contributed by atoms with Gasteiger partial charge >= 0.3 is 10.1 Å². The third-order valence-electron chi connectivity index (χ3n) is 3.31. The summed E-state index contributed by atoms with van der Waals surface area (Å²) in [4.78, 5) is 9.66. The van der Waals surface area contributed by atoms with Crippen molar-refractivity contribution in [2.24, 2.45) is 0 Å². The van der Waals surface area contributed by atoms with Crippen LogP contribution >= 0.6 is 11.6 Å².